The van der Waals surface area contributed by atoms with E-state index in [4.69, 9.17) is 4.42 Å². The van der Waals surface area contributed by atoms with E-state index in [0.29, 0.717) is 0 Å². The largest absolute Gasteiger partial charge is 0.456 e. The quantitative estimate of drug-likeness (QED) is 0.771. The molecule has 2 aromatic rings. The second kappa shape index (κ2) is 4.07. The summed E-state index contributed by atoms with van der Waals surface area (Å²) < 4.78 is 6.75. The summed E-state index contributed by atoms with van der Waals surface area (Å²) >= 11 is 3.46. The molecule has 2 rings (SSSR count). The van der Waals surface area contributed by atoms with Crippen LogP contribution in [0.5, 0.6) is 0 Å². The van der Waals surface area contributed by atoms with Crippen molar-refractivity contribution in [2.45, 2.75) is 6.92 Å². The minimum absolute atomic E-state index is 0.892. The van der Waals surface area contributed by atoms with Crippen LogP contribution in [0.15, 0.2) is 39.7 Å². The molecule has 0 bridgehead atoms. The van der Waals surface area contributed by atoms with Crippen LogP contribution >= 0.6 is 15.9 Å². The van der Waals surface area contributed by atoms with Crippen molar-refractivity contribution in [3.63, 3.8) is 0 Å². The lowest BCUT2D eigenvalue weighted by atomic mass is 10.2. The van der Waals surface area contributed by atoms with Crippen molar-refractivity contribution >= 4 is 39.1 Å². The second-order valence-electron chi connectivity index (χ2n) is 3.21. The van der Waals surface area contributed by atoms with Crippen molar-refractivity contribution in [1.29, 1.82) is 0 Å². The van der Waals surface area contributed by atoms with E-state index in [0.717, 1.165) is 26.1 Å². The first-order valence-corrected chi connectivity index (χ1v) is 5.52. The molecule has 76 valence electrons. The molecule has 0 aliphatic heterocycles. The number of benzene rings is 1. The fourth-order valence-electron chi connectivity index (χ4n) is 1.61. The molecule has 1 aromatic carbocycles. The van der Waals surface area contributed by atoms with Gasteiger partial charge in [-0.05, 0) is 31.2 Å². The smallest absolute Gasteiger partial charge is 0.135 e. The molecule has 0 atom stereocenters. The molecule has 0 aliphatic rings. The average Bonchev–Trinajstić information content (AvgIpc) is 2.57. The molecule has 2 heteroatoms. The van der Waals surface area contributed by atoms with E-state index in [1.165, 1.54) is 0 Å². The van der Waals surface area contributed by atoms with Crippen LogP contribution in [0, 0.1) is 0 Å². The fourth-order valence-corrected chi connectivity index (χ4v) is 1.97. The molecule has 1 aromatic heterocycles. The van der Waals surface area contributed by atoms with Crippen LogP contribution in [0.25, 0.3) is 23.1 Å². The molecule has 0 unspecified atom stereocenters. The summed E-state index contributed by atoms with van der Waals surface area (Å²) in [6, 6.07) is 6.00. The summed E-state index contributed by atoms with van der Waals surface area (Å²) in [7, 11) is 0. The van der Waals surface area contributed by atoms with Gasteiger partial charge in [0.05, 0.1) is 0 Å². The third kappa shape index (κ3) is 1.77. The maximum Gasteiger partial charge on any atom is 0.135 e. The van der Waals surface area contributed by atoms with Crippen LogP contribution in [-0.2, 0) is 0 Å². The molecule has 0 fully saturated rings. The Hall–Kier alpha value is -1.28. The van der Waals surface area contributed by atoms with Crippen molar-refractivity contribution in [1.82, 2.24) is 0 Å². The number of hydrogen-bond acceptors (Lipinski definition) is 1. The molecule has 0 saturated heterocycles. The zero-order valence-electron chi connectivity index (χ0n) is 8.46. The summed E-state index contributed by atoms with van der Waals surface area (Å²) in [6.45, 7) is 5.68. The molecule has 15 heavy (non-hydrogen) atoms. The Kier molecular flexibility index (Phi) is 2.78. The normalized spacial score (nSPS) is 13.7. The molecule has 1 heterocycles. The first-order valence-electron chi connectivity index (χ1n) is 4.73. The monoisotopic (exact) mass is 262 g/mol. The van der Waals surface area contributed by atoms with Crippen LogP contribution in [0.1, 0.15) is 6.92 Å². The highest BCUT2D eigenvalue weighted by molar-refractivity contribution is 9.10. The predicted molar refractivity (Wildman–Crippen MR) is 68.0 cm³/mol. The first kappa shape index (κ1) is 10.2. The first-order chi connectivity index (χ1) is 7.26. The number of rotatable bonds is 1. The van der Waals surface area contributed by atoms with Crippen LogP contribution in [0.3, 0.4) is 0 Å². The Labute approximate surface area is 96.5 Å². The minimum Gasteiger partial charge on any atom is -0.456 e. The van der Waals surface area contributed by atoms with E-state index >= 15 is 0 Å². The topological polar surface area (TPSA) is 13.1 Å². The molecule has 0 spiro atoms. The lowest BCUT2D eigenvalue weighted by Crippen LogP contribution is -2.18. The van der Waals surface area contributed by atoms with Gasteiger partial charge >= 0.3 is 0 Å². The number of hydrogen-bond donors (Lipinski definition) is 0. The van der Waals surface area contributed by atoms with Gasteiger partial charge < -0.3 is 4.42 Å². The molecular formula is C13H11BrO. The summed E-state index contributed by atoms with van der Waals surface area (Å²) in [6.07, 6.45) is 5.70. The molecular weight excluding hydrogens is 252 g/mol. The maximum absolute atomic E-state index is 5.70. The van der Waals surface area contributed by atoms with Gasteiger partial charge in [-0.3, -0.25) is 0 Å². The lowest BCUT2D eigenvalue weighted by molar-refractivity contribution is 0.575. The van der Waals surface area contributed by atoms with Crippen molar-refractivity contribution in [3.8, 4) is 0 Å². The van der Waals surface area contributed by atoms with Gasteiger partial charge in [-0.15, -0.1) is 0 Å². The molecule has 0 saturated carbocycles. The van der Waals surface area contributed by atoms with Crippen molar-refractivity contribution in [2.24, 2.45) is 0 Å². The summed E-state index contributed by atoms with van der Waals surface area (Å²) in [5.74, 6) is 0. The molecule has 0 aliphatic carbocycles. The van der Waals surface area contributed by atoms with Gasteiger partial charge in [0, 0.05) is 15.1 Å². The highest BCUT2D eigenvalue weighted by Crippen LogP contribution is 2.15. The molecule has 0 amide bonds. The van der Waals surface area contributed by atoms with E-state index < -0.39 is 0 Å². The van der Waals surface area contributed by atoms with E-state index in [1.807, 2.05) is 31.2 Å². The number of fused-ring (bicyclic) bond motifs is 1. The van der Waals surface area contributed by atoms with Crippen molar-refractivity contribution in [2.75, 3.05) is 0 Å². The van der Waals surface area contributed by atoms with Crippen molar-refractivity contribution < 1.29 is 4.42 Å². The third-order valence-corrected chi connectivity index (χ3v) is 2.76. The molecule has 0 N–H and O–H groups in total. The average molecular weight is 263 g/mol. The van der Waals surface area contributed by atoms with Gasteiger partial charge in [-0.1, -0.05) is 34.7 Å². The van der Waals surface area contributed by atoms with Crippen LogP contribution in [0.4, 0.5) is 0 Å². The van der Waals surface area contributed by atoms with E-state index in [1.54, 1.807) is 6.08 Å². The van der Waals surface area contributed by atoms with Crippen molar-refractivity contribution in [3.05, 3.63) is 46.0 Å². The summed E-state index contributed by atoms with van der Waals surface area (Å²) in [5, 5.41) is 2.20. The van der Waals surface area contributed by atoms with Gasteiger partial charge in [0.1, 0.15) is 11.0 Å². The highest BCUT2D eigenvalue weighted by atomic mass is 79.9. The Morgan fingerprint density at radius 3 is 2.87 bits per heavy atom. The van der Waals surface area contributed by atoms with Gasteiger partial charge in [0.2, 0.25) is 0 Å². The molecule has 0 radical (unpaired) electrons. The Bertz CT molecular complexity index is 620. The van der Waals surface area contributed by atoms with Gasteiger partial charge in [-0.2, -0.15) is 0 Å². The Morgan fingerprint density at radius 2 is 2.20 bits per heavy atom. The minimum atomic E-state index is 0.892. The molecule has 1 nitrogen and oxygen atoms in total. The van der Waals surface area contributed by atoms with E-state index in [-0.39, 0.29) is 0 Å². The number of allylic oxidation sites excluding steroid dienone is 1. The van der Waals surface area contributed by atoms with Crippen LogP contribution < -0.4 is 10.6 Å². The Balaban J connectivity index is 3.02. The van der Waals surface area contributed by atoms with Crippen LogP contribution in [-0.4, -0.2) is 0 Å². The fraction of sp³-hybridized carbons (Fsp3) is 0.0769. The van der Waals surface area contributed by atoms with E-state index in [9.17, 15) is 0 Å². The van der Waals surface area contributed by atoms with Gasteiger partial charge in [0.25, 0.3) is 0 Å². The maximum atomic E-state index is 5.70. The zero-order valence-corrected chi connectivity index (χ0v) is 10.0. The van der Waals surface area contributed by atoms with Crippen LogP contribution in [0.2, 0.25) is 0 Å². The van der Waals surface area contributed by atoms with E-state index in [2.05, 4.69) is 28.6 Å². The standard InChI is InChI=1S/C13H11BrO/c1-3-5-10-11-8-9(14)6-7-13(11)15-12(10)4-2/h3-8H,1H2,2H3/b10-5-,12-4+. The van der Waals surface area contributed by atoms with Gasteiger partial charge in [-0.25, -0.2) is 0 Å². The summed E-state index contributed by atoms with van der Waals surface area (Å²) in [4.78, 5) is 0. The zero-order chi connectivity index (χ0) is 10.8. The third-order valence-electron chi connectivity index (χ3n) is 2.26. The number of furan rings is 1. The lowest BCUT2D eigenvalue weighted by Gasteiger charge is -1.88. The number of halogens is 1. The van der Waals surface area contributed by atoms with Gasteiger partial charge in [0.15, 0.2) is 0 Å². The summed E-state index contributed by atoms with van der Waals surface area (Å²) in [5.41, 5.74) is 1.79. The second-order valence-corrected chi connectivity index (χ2v) is 4.13. The Morgan fingerprint density at radius 1 is 1.40 bits per heavy atom. The predicted octanol–water partition coefficient (Wildman–Crippen LogP) is 2.96. The SMILES string of the molecule is C=C/C=c1\c(=C/C)oc2ccc(Br)cc12. The highest BCUT2D eigenvalue weighted by Gasteiger charge is 2.01.